The Labute approximate surface area is 140 Å². The summed E-state index contributed by atoms with van der Waals surface area (Å²) in [6.07, 6.45) is -0.888. The van der Waals surface area contributed by atoms with Crippen LogP contribution in [0.5, 0.6) is 11.5 Å². The van der Waals surface area contributed by atoms with Gasteiger partial charge in [-0.05, 0) is 37.5 Å². The van der Waals surface area contributed by atoms with Crippen molar-refractivity contribution in [3.8, 4) is 11.5 Å². The molecule has 0 bridgehead atoms. The number of benzene rings is 1. The second kappa shape index (κ2) is 8.58. The number of hydrogen-bond acceptors (Lipinski definition) is 4. The van der Waals surface area contributed by atoms with Gasteiger partial charge in [0.15, 0.2) is 18.1 Å². The molecule has 0 saturated heterocycles. The van der Waals surface area contributed by atoms with Gasteiger partial charge in [-0.2, -0.15) is 13.2 Å². The molecule has 1 aliphatic rings. The number of aliphatic hydroxyl groups excluding tert-OH is 1. The lowest BCUT2D eigenvalue weighted by Gasteiger charge is -2.28. The molecule has 0 aliphatic heterocycles. The molecule has 1 saturated carbocycles. The van der Waals surface area contributed by atoms with Crippen molar-refractivity contribution in [1.82, 2.24) is 5.32 Å². The smallest absolute Gasteiger partial charge is 0.422 e. The molecule has 2 N–H and O–H groups in total. The van der Waals surface area contributed by atoms with Gasteiger partial charge in [0.05, 0.1) is 12.7 Å². The third kappa shape index (κ3) is 5.87. The molecule has 2 atom stereocenters. The Morgan fingerprint density at radius 2 is 1.92 bits per heavy atom. The van der Waals surface area contributed by atoms with Gasteiger partial charge in [0.1, 0.15) is 0 Å². The topological polar surface area (TPSA) is 50.7 Å². The highest BCUT2D eigenvalue weighted by Crippen LogP contribution is 2.30. The summed E-state index contributed by atoms with van der Waals surface area (Å²) >= 11 is 0. The second-order valence-electron chi connectivity index (χ2n) is 5.96. The molecule has 2 rings (SSSR count). The number of aliphatic hydroxyl groups is 1. The second-order valence-corrected chi connectivity index (χ2v) is 5.96. The zero-order valence-electron chi connectivity index (χ0n) is 13.7. The van der Waals surface area contributed by atoms with Gasteiger partial charge in [-0.25, -0.2) is 0 Å². The molecule has 0 radical (unpaired) electrons. The summed E-state index contributed by atoms with van der Waals surface area (Å²) in [4.78, 5) is 0. The van der Waals surface area contributed by atoms with Gasteiger partial charge in [0, 0.05) is 12.6 Å². The maximum Gasteiger partial charge on any atom is 0.422 e. The molecule has 24 heavy (non-hydrogen) atoms. The van der Waals surface area contributed by atoms with E-state index < -0.39 is 12.8 Å². The number of nitrogens with one attached hydrogen (secondary N) is 1. The first-order valence-corrected chi connectivity index (χ1v) is 8.26. The van der Waals surface area contributed by atoms with E-state index in [0.29, 0.717) is 18.9 Å². The molecular weight excluding hydrogens is 323 g/mol. The zero-order valence-corrected chi connectivity index (χ0v) is 13.7. The molecule has 0 heterocycles. The van der Waals surface area contributed by atoms with Gasteiger partial charge in [0.2, 0.25) is 0 Å². The van der Waals surface area contributed by atoms with Crippen LogP contribution in [-0.2, 0) is 6.54 Å². The summed E-state index contributed by atoms with van der Waals surface area (Å²) in [7, 11) is 0. The van der Waals surface area contributed by atoms with Crippen LogP contribution in [0.1, 0.15) is 38.2 Å². The standard InChI is InChI=1S/C17H24F3NO3/c1-2-23-16-9-12(7-8-15(16)24-11-17(18,19)20)10-21-13-5-3-4-6-14(13)22/h7-9,13-14,21-22H,2-6,10-11H2,1H3. The fourth-order valence-corrected chi connectivity index (χ4v) is 2.81. The predicted molar refractivity (Wildman–Crippen MR) is 84.3 cm³/mol. The van der Waals surface area contributed by atoms with Crippen molar-refractivity contribution in [3.63, 3.8) is 0 Å². The third-order valence-corrected chi connectivity index (χ3v) is 4.00. The molecule has 7 heteroatoms. The van der Waals surface area contributed by atoms with Gasteiger partial charge >= 0.3 is 6.18 Å². The van der Waals surface area contributed by atoms with Crippen molar-refractivity contribution in [2.75, 3.05) is 13.2 Å². The normalized spacial score (nSPS) is 21.5. The summed E-state index contributed by atoms with van der Waals surface area (Å²) < 4.78 is 47.1. The number of hydrogen-bond donors (Lipinski definition) is 2. The van der Waals surface area contributed by atoms with Crippen LogP contribution in [0.15, 0.2) is 18.2 Å². The molecule has 0 amide bonds. The minimum atomic E-state index is -4.39. The quantitative estimate of drug-likeness (QED) is 0.794. The Morgan fingerprint density at radius 1 is 1.17 bits per heavy atom. The van der Waals surface area contributed by atoms with Gasteiger partial charge < -0.3 is 19.9 Å². The number of rotatable bonds is 7. The van der Waals surface area contributed by atoms with E-state index in [0.717, 1.165) is 31.2 Å². The van der Waals surface area contributed by atoms with Crippen LogP contribution < -0.4 is 14.8 Å². The molecule has 0 spiro atoms. The maximum atomic E-state index is 12.3. The largest absolute Gasteiger partial charge is 0.490 e. The first-order valence-electron chi connectivity index (χ1n) is 8.26. The lowest BCUT2D eigenvalue weighted by molar-refractivity contribution is -0.153. The summed E-state index contributed by atoms with van der Waals surface area (Å²) in [6.45, 7) is 1.26. The monoisotopic (exact) mass is 347 g/mol. The van der Waals surface area contributed by atoms with E-state index in [4.69, 9.17) is 9.47 Å². The summed E-state index contributed by atoms with van der Waals surface area (Å²) in [5, 5.41) is 13.3. The molecular formula is C17H24F3NO3. The molecule has 0 aromatic heterocycles. The first-order chi connectivity index (χ1) is 11.4. The zero-order chi connectivity index (χ0) is 17.6. The van der Waals surface area contributed by atoms with Crippen molar-refractivity contribution in [2.24, 2.45) is 0 Å². The Hall–Kier alpha value is -1.47. The fraction of sp³-hybridized carbons (Fsp3) is 0.647. The maximum absolute atomic E-state index is 12.3. The average molecular weight is 347 g/mol. The third-order valence-electron chi connectivity index (χ3n) is 4.00. The summed E-state index contributed by atoms with van der Waals surface area (Å²) in [5.41, 5.74) is 0.871. The number of alkyl halides is 3. The highest BCUT2D eigenvalue weighted by atomic mass is 19.4. The van der Waals surface area contributed by atoms with Crippen molar-refractivity contribution < 1.29 is 27.8 Å². The minimum absolute atomic E-state index is 0.0513. The molecule has 2 unspecified atom stereocenters. The molecule has 136 valence electrons. The van der Waals surface area contributed by atoms with E-state index in [1.54, 1.807) is 19.1 Å². The van der Waals surface area contributed by atoms with E-state index in [1.165, 1.54) is 6.07 Å². The number of ether oxygens (including phenoxy) is 2. The van der Waals surface area contributed by atoms with Gasteiger partial charge in [0.25, 0.3) is 0 Å². The average Bonchev–Trinajstić information content (AvgIpc) is 2.53. The lowest BCUT2D eigenvalue weighted by Crippen LogP contribution is -2.41. The van der Waals surface area contributed by atoms with Crippen LogP contribution in [0, 0.1) is 0 Å². The summed E-state index contributed by atoms with van der Waals surface area (Å²) in [5.74, 6) is 0.376. The van der Waals surface area contributed by atoms with E-state index >= 15 is 0 Å². The van der Waals surface area contributed by atoms with E-state index in [-0.39, 0.29) is 17.9 Å². The van der Waals surface area contributed by atoms with Crippen LogP contribution in [-0.4, -0.2) is 36.6 Å². The fourth-order valence-electron chi connectivity index (χ4n) is 2.81. The van der Waals surface area contributed by atoms with Crippen LogP contribution in [0.25, 0.3) is 0 Å². The SMILES string of the molecule is CCOc1cc(CNC2CCCCC2O)ccc1OCC(F)(F)F. The van der Waals surface area contributed by atoms with Crippen molar-refractivity contribution in [1.29, 1.82) is 0 Å². The van der Waals surface area contributed by atoms with Crippen LogP contribution in [0.4, 0.5) is 13.2 Å². The van der Waals surface area contributed by atoms with Crippen LogP contribution in [0.2, 0.25) is 0 Å². The lowest BCUT2D eigenvalue weighted by atomic mass is 9.92. The Balaban J connectivity index is 1.99. The van der Waals surface area contributed by atoms with E-state index in [2.05, 4.69) is 5.32 Å². The van der Waals surface area contributed by atoms with Gasteiger partial charge in [-0.15, -0.1) is 0 Å². The van der Waals surface area contributed by atoms with Crippen LogP contribution in [0.3, 0.4) is 0 Å². The van der Waals surface area contributed by atoms with Crippen LogP contribution >= 0.6 is 0 Å². The molecule has 1 aromatic carbocycles. The van der Waals surface area contributed by atoms with Crippen molar-refractivity contribution in [2.45, 2.75) is 57.5 Å². The van der Waals surface area contributed by atoms with Gasteiger partial charge in [-0.3, -0.25) is 0 Å². The van der Waals surface area contributed by atoms with Crippen molar-refractivity contribution in [3.05, 3.63) is 23.8 Å². The Morgan fingerprint density at radius 3 is 2.58 bits per heavy atom. The highest BCUT2D eigenvalue weighted by molar-refractivity contribution is 5.43. The highest BCUT2D eigenvalue weighted by Gasteiger charge is 2.29. The van der Waals surface area contributed by atoms with E-state index in [1.807, 2.05) is 0 Å². The van der Waals surface area contributed by atoms with E-state index in [9.17, 15) is 18.3 Å². The van der Waals surface area contributed by atoms with Crippen molar-refractivity contribution >= 4 is 0 Å². The van der Waals surface area contributed by atoms with Gasteiger partial charge in [-0.1, -0.05) is 18.9 Å². The predicted octanol–water partition coefficient (Wildman–Crippen LogP) is 3.42. The Kier molecular flexibility index (Phi) is 6.74. The first kappa shape index (κ1) is 18.9. The molecule has 1 aliphatic carbocycles. The molecule has 1 fully saturated rings. The number of halogens is 3. The molecule has 1 aromatic rings. The minimum Gasteiger partial charge on any atom is -0.490 e. The molecule has 4 nitrogen and oxygen atoms in total. The Bertz CT molecular complexity index is 522. The summed E-state index contributed by atoms with van der Waals surface area (Å²) in [6, 6.07) is 4.93.